The zero-order valence-corrected chi connectivity index (χ0v) is 11.3. The number of nitrogens with zero attached hydrogens (tertiary/aromatic N) is 2. The van der Waals surface area contributed by atoms with Crippen LogP contribution in [0.4, 0.5) is 14.7 Å². The van der Waals surface area contributed by atoms with Crippen molar-refractivity contribution in [3.05, 3.63) is 23.8 Å². The molecule has 0 saturated carbocycles. The molecule has 0 atom stereocenters. The number of anilines is 1. The number of hydrogen-bond acceptors (Lipinski definition) is 3. The van der Waals surface area contributed by atoms with E-state index in [1.807, 2.05) is 13.8 Å². The van der Waals surface area contributed by atoms with Gasteiger partial charge in [-0.3, -0.25) is 4.79 Å². The molecule has 0 saturated heterocycles. The molecule has 0 spiro atoms. The molecule has 0 unspecified atom stereocenters. The first kappa shape index (κ1) is 14.2. The van der Waals surface area contributed by atoms with E-state index in [9.17, 15) is 13.6 Å². The van der Waals surface area contributed by atoms with E-state index in [2.05, 4.69) is 10.3 Å². The van der Waals surface area contributed by atoms with Crippen LogP contribution >= 0.6 is 0 Å². The van der Waals surface area contributed by atoms with Crippen LogP contribution in [0.2, 0.25) is 0 Å². The third-order valence-electron chi connectivity index (χ3n) is 2.81. The summed E-state index contributed by atoms with van der Waals surface area (Å²) in [7, 11) is 0. The highest BCUT2D eigenvalue weighted by Gasteiger charge is 2.14. The quantitative estimate of drug-likeness (QED) is 0.898. The maximum atomic E-state index is 13.6. The third kappa shape index (κ3) is 2.87. The lowest BCUT2D eigenvalue weighted by molar-refractivity contribution is -0.121. The topological polar surface area (TPSA) is 72.9 Å². The minimum atomic E-state index is -0.767. The van der Waals surface area contributed by atoms with Crippen LogP contribution in [-0.2, 0) is 11.3 Å². The van der Waals surface area contributed by atoms with E-state index in [0.717, 1.165) is 12.1 Å². The van der Waals surface area contributed by atoms with Crippen LogP contribution in [0.5, 0.6) is 0 Å². The molecular formula is C13H16F2N4O. The van der Waals surface area contributed by atoms with Gasteiger partial charge in [-0.25, -0.2) is 13.8 Å². The number of nitrogens with two attached hydrogens (primary N) is 1. The molecule has 5 nitrogen and oxygen atoms in total. The number of imidazole rings is 1. The summed E-state index contributed by atoms with van der Waals surface area (Å²) >= 11 is 0. The number of carbonyl (C=O) groups excluding carboxylic acids is 1. The lowest BCUT2D eigenvalue weighted by atomic mass is 10.3. The molecule has 0 aliphatic carbocycles. The van der Waals surface area contributed by atoms with Gasteiger partial charge in [-0.05, 0) is 13.8 Å². The molecular weight excluding hydrogens is 266 g/mol. The van der Waals surface area contributed by atoms with Gasteiger partial charge in [0.25, 0.3) is 0 Å². The standard InChI is InChI=1S/C13H16F2N4O/c1-7(2)17-11(20)3-4-19-10-6-8(14)5-9(15)12(10)18-13(19)16/h5-7H,3-4H2,1-2H3,(H2,16,18)(H,17,20). The fourth-order valence-corrected chi connectivity index (χ4v) is 2.01. The largest absolute Gasteiger partial charge is 0.369 e. The number of benzene rings is 1. The number of amides is 1. The van der Waals surface area contributed by atoms with Gasteiger partial charge in [0, 0.05) is 31.1 Å². The second-order valence-electron chi connectivity index (χ2n) is 4.85. The van der Waals surface area contributed by atoms with Crippen molar-refractivity contribution in [3.8, 4) is 0 Å². The minimum Gasteiger partial charge on any atom is -0.369 e. The molecule has 2 rings (SSSR count). The summed E-state index contributed by atoms with van der Waals surface area (Å²) in [4.78, 5) is 15.5. The monoisotopic (exact) mass is 282 g/mol. The van der Waals surface area contributed by atoms with Crippen molar-refractivity contribution in [1.29, 1.82) is 0 Å². The van der Waals surface area contributed by atoms with E-state index in [1.165, 1.54) is 4.57 Å². The Morgan fingerprint density at radius 1 is 1.45 bits per heavy atom. The molecule has 20 heavy (non-hydrogen) atoms. The van der Waals surface area contributed by atoms with Crippen LogP contribution in [-0.4, -0.2) is 21.5 Å². The van der Waals surface area contributed by atoms with Crippen LogP contribution in [0.1, 0.15) is 20.3 Å². The highest BCUT2D eigenvalue weighted by Crippen LogP contribution is 2.22. The summed E-state index contributed by atoms with van der Waals surface area (Å²) in [5, 5.41) is 2.73. The van der Waals surface area contributed by atoms with Crippen LogP contribution < -0.4 is 11.1 Å². The second kappa shape index (κ2) is 5.44. The number of nitrogen functional groups attached to an aromatic ring is 1. The number of carbonyl (C=O) groups is 1. The molecule has 0 radical (unpaired) electrons. The van der Waals surface area contributed by atoms with Gasteiger partial charge < -0.3 is 15.6 Å². The number of aryl methyl sites for hydroxylation is 1. The summed E-state index contributed by atoms with van der Waals surface area (Å²) in [5.41, 5.74) is 5.95. The molecule has 7 heteroatoms. The molecule has 0 aliphatic heterocycles. The van der Waals surface area contributed by atoms with Crippen LogP contribution in [0.15, 0.2) is 12.1 Å². The Labute approximate surface area is 114 Å². The van der Waals surface area contributed by atoms with Crippen LogP contribution in [0.25, 0.3) is 11.0 Å². The van der Waals surface area contributed by atoms with Gasteiger partial charge in [-0.15, -0.1) is 0 Å². The molecule has 1 heterocycles. The Hall–Kier alpha value is -2.18. The molecule has 3 N–H and O–H groups in total. The fourth-order valence-electron chi connectivity index (χ4n) is 2.01. The Morgan fingerprint density at radius 3 is 2.80 bits per heavy atom. The van der Waals surface area contributed by atoms with Crippen molar-refractivity contribution in [1.82, 2.24) is 14.9 Å². The summed E-state index contributed by atoms with van der Waals surface area (Å²) in [6.45, 7) is 3.91. The SMILES string of the molecule is CC(C)NC(=O)CCn1c(N)nc2c(F)cc(F)cc21. The zero-order valence-electron chi connectivity index (χ0n) is 11.3. The van der Waals surface area contributed by atoms with Gasteiger partial charge in [0.2, 0.25) is 11.9 Å². The van der Waals surface area contributed by atoms with E-state index in [4.69, 9.17) is 5.73 Å². The molecule has 1 aromatic carbocycles. The van der Waals surface area contributed by atoms with Crippen LogP contribution in [0.3, 0.4) is 0 Å². The highest BCUT2D eigenvalue weighted by atomic mass is 19.1. The smallest absolute Gasteiger partial charge is 0.221 e. The van der Waals surface area contributed by atoms with Gasteiger partial charge in [0.1, 0.15) is 11.3 Å². The Morgan fingerprint density at radius 2 is 2.15 bits per heavy atom. The predicted molar refractivity (Wildman–Crippen MR) is 72.0 cm³/mol. The number of hydrogen-bond donors (Lipinski definition) is 2. The van der Waals surface area contributed by atoms with Crippen molar-refractivity contribution in [2.24, 2.45) is 0 Å². The van der Waals surface area contributed by atoms with Gasteiger partial charge in [0.15, 0.2) is 5.82 Å². The first-order chi connectivity index (χ1) is 9.38. The minimum absolute atomic E-state index is 0.00756. The molecule has 1 aromatic heterocycles. The highest BCUT2D eigenvalue weighted by molar-refractivity contribution is 5.80. The molecule has 2 aromatic rings. The number of rotatable bonds is 4. The van der Waals surface area contributed by atoms with Gasteiger partial charge in [0.05, 0.1) is 5.52 Å². The summed E-state index contributed by atoms with van der Waals surface area (Å²) in [6, 6.07) is 1.95. The Bertz CT molecular complexity index is 651. The predicted octanol–water partition coefficient (Wildman–Crippen LogP) is 1.81. The maximum Gasteiger partial charge on any atom is 0.221 e. The first-order valence-electron chi connectivity index (χ1n) is 6.28. The molecule has 0 bridgehead atoms. The number of aromatic nitrogens is 2. The average molecular weight is 282 g/mol. The van der Waals surface area contributed by atoms with E-state index in [1.54, 1.807) is 0 Å². The summed E-state index contributed by atoms with van der Waals surface area (Å²) < 4.78 is 28.2. The third-order valence-corrected chi connectivity index (χ3v) is 2.81. The van der Waals surface area contributed by atoms with Crippen LogP contribution in [0, 0.1) is 11.6 Å². The zero-order chi connectivity index (χ0) is 14.9. The normalized spacial score (nSPS) is 11.2. The number of nitrogens with one attached hydrogen (secondary N) is 1. The average Bonchev–Trinajstić information content (AvgIpc) is 2.62. The van der Waals surface area contributed by atoms with Crippen molar-refractivity contribution >= 4 is 22.9 Å². The number of halogens is 2. The Kier molecular flexibility index (Phi) is 3.87. The van der Waals surface area contributed by atoms with E-state index in [0.29, 0.717) is 0 Å². The summed E-state index contributed by atoms with van der Waals surface area (Å²) in [5.74, 6) is -1.57. The van der Waals surface area contributed by atoms with Crippen molar-refractivity contribution < 1.29 is 13.6 Å². The summed E-state index contributed by atoms with van der Waals surface area (Å²) in [6.07, 6.45) is 0.159. The lowest BCUT2D eigenvalue weighted by Crippen LogP contribution is -2.30. The van der Waals surface area contributed by atoms with Gasteiger partial charge in [-0.1, -0.05) is 0 Å². The molecule has 0 fully saturated rings. The van der Waals surface area contributed by atoms with Gasteiger partial charge >= 0.3 is 0 Å². The van der Waals surface area contributed by atoms with E-state index in [-0.39, 0.29) is 41.9 Å². The Balaban J connectivity index is 2.26. The fraction of sp³-hybridized carbons (Fsp3) is 0.385. The van der Waals surface area contributed by atoms with Crippen molar-refractivity contribution in [2.45, 2.75) is 32.9 Å². The maximum absolute atomic E-state index is 13.6. The lowest BCUT2D eigenvalue weighted by Gasteiger charge is -2.09. The van der Waals surface area contributed by atoms with Crippen molar-refractivity contribution in [2.75, 3.05) is 5.73 Å². The first-order valence-corrected chi connectivity index (χ1v) is 6.28. The van der Waals surface area contributed by atoms with Crippen molar-refractivity contribution in [3.63, 3.8) is 0 Å². The van der Waals surface area contributed by atoms with E-state index >= 15 is 0 Å². The second-order valence-corrected chi connectivity index (χ2v) is 4.85. The molecule has 108 valence electrons. The number of fused-ring (bicyclic) bond motifs is 1. The molecule has 1 amide bonds. The van der Waals surface area contributed by atoms with E-state index < -0.39 is 11.6 Å². The van der Waals surface area contributed by atoms with Gasteiger partial charge in [-0.2, -0.15) is 0 Å². The molecule has 0 aliphatic rings.